The average Bonchev–Trinajstić information content (AvgIpc) is 3.07. The Morgan fingerprint density at radius 3 is 2.85 bits per heavy atom. The van der Waals surface area contributed by atoms with Crippen LogP contribution in [0.2, 0.25) is 0 Å². The molecule has 0 spiro atoms. The molecule has 1 fully saturated rings. The first-order chi connectivity index (χ1) is 13.1. The van der Waals surface area contributed by atoms with Gasteiger partial charge in [-0.15, -0.1) is 0 Å². The van der Waals surface area contributed by atoms with Gasteiger partial charge in [0.2, 0.25) is 5.91 Å². The van der Waals surface area contributed by atoms with Gasteiger partial charge in [0.05, 0.1) is 11.4 Å². The van der Waals surface area contributed by atoms with Crippen LogP contribution in [-0.2, 0) is 11.2 Å². The fourth-order valence-corrected chi connectivity index (χ4v) is 3.30. The van der Waals surface area contributed by atoms with Crippen molar-refractivity contribution in [2.45, 2.75) is 26.2 Å². The Hall–Kier alpha value is -3.15. The predicted octanol–water partition coefficient (Wildman–Crippen LogP) is 3.65. The number of halogens is 1. The number of pyridine rings is 2. The molecule has 5 nitrogen and oxygen atoms in total. The molecule has 0 radical (unpaired) electrons. The summed E-state index contributed by atoms with van der Waals surface area (Å²) in [6.07, 6.45) is 3.35. The molecule has 0 N–H and O–H groups in total. The highest BCUT2D eigenvalue weighted by atomic mass is 19.1. The van der Waals surface area contributed by atoms with Crippen molar-refractivity contribution >= 4 is 22.5 Å². The van der Waals surface area contributed by atoms with E-state index in [2.05, 4.69) is 15.1 Å². The SMILES string of the molecule is Cc1cccc(/C(Cc2ccnc3c(F)cccc23)=N\N2CCCC2=O)n1. The summed E-state index contributed by atoms with van der Waals surface area (Å²) in [6.45, 7) is 2.53. The maximum absolute atomic E-state index is 14.1. The molecule has 27 heavy (non-hydrogen) atoms. The molecule has 1 aliphatic rings. The van der Waals surface area contributed by atoms with Gasteiger partial charge < -0.3 is 0 Å². The van der Waals surface area contributed by atoms with Crippen molar-refractivity contribution in [3.63, 3.8) is 0 Å². The normalized spacial score (nSPS) is 15.0. The van der Waals surface area contributed by atoms with Gasteiger partial charge in [-0.2, -0.15) is 5.10 Å². The van der Waals surface area contributed by atoms with E-state index in [-0.39, 0.29) is 11.7 Å². The Morgan fingerprint density at radius 2 is 2.07 bits per heavy atom. The number of aromatic nitrogens is 2. The summed E-state index contributed by atoms with van der Waals surface area (Å²) in [5.74, 6) is -0.331. The molecule has 2 aromatic heterocycles. The summed E-state index contributed by atoms with van der Waals surface area (Å²) in [5, 5.41) is 6.87. The molecular formula is C21H19FN4O. The molecule has 3 heterocycles. The number of hydrogen-bond acceptors (Lipinski definition) is 4. The van der Waals surface area contributed by atoms with E-state index in [1.165, 1.54) is 11.1 Å². The summed E-state index contributed by atoms with van der Waals surface area (Å²) in [5.41, 5.74) is 3.51. The van der Waals surface area contributed by atoms with Crippen LogP contribution in [0.25, 0.3) is 10.9 Å². The molecule has 1 aliphatic heterocycles. The van der Waals surface area contributed by atoms with Crippen LogP contribution in [0.5, 0.6) is 0 Å². The van der Waals surface area contributed by atoms with Crippen molar-refractivity contribution in [3.05, 3.63) is 71.4 Å². The maximum Gasteiger partial charge on any atom is 0.242 e. The van der Waals surface area contributed by atoms with E-state index in [0.717, 1.165) is 28.8 Å². The Labute approximate surface area is 156 Å². The second kappa shape index (κ2) is 7.23. The van der Waals surface area contributed by atoms with Crippen LogP contribution in [-0.4, -0.2) is 33.1 Å². The molecular weight excluding hydrogens is 343 g/mol. The third-order valence-electron chi connectivity index (χ3n) is 4.64. The first-order valence-corrected chi connectivity index (χ1v) is 8.96. The van der Waals surface area contributed by atoms with Gasteiger partial charge in [-0.1, -0.05) is 18.2 Å². The molecule has 0 atom stereocenters. The van der Waals surface area contributed by atoms with Crippen molar-refractivity contribution in [1.29, 1.82) is 0 Å². The molecule has 0 saturated carbocycles. The van der Waals surface area contributed by atoms with E-state index in [1.807, 2.05) is 37.3 Å². The summed E-state index contributed by atoms with van der Waals surface area (Å²) >= 11 is 0. The third-order valence-corrected chi connectivity index (χ3v) is 4.64. The number of fused-ring (bicyclic) bond motifs is 1. The zero-order valence-corrected chi connectivity index (χ0v) is 15.0. The number of para-hydroxylation sites is 1. The van der Waals surface area contributed by atoms with E-state index >= 15 is 0 Å². The van der Waals surface area contributed by atoms with Gasteiger partial charge in [0.1, 0.15) is 11.3 Å². The van der Waals surface area contributed by atoms with Crippen LogP contribution in [0.15, 0.2) is 53.8 Å². The number of aryl methyl sites for hydroxylation is 1. The van der Waals surface area contributed by atoms with Crippen LogP contribution in [0, 0.1) is 12.7 Å². The monoisotopic (exact) mass is 362 g/mol. The predicted molar refractivity (Wildman–Crippen MR) is 102 cm³/mol. The number of hydrazone groups is 1. The van der Waals surface area contributed by atoms with Crippen molar-refractivity contribution in [3.8, 4) is 0 Å². The number of carbonyl (C=O) groups excluding carboxylic acids is 1. The van der Waals surface area contributed by atoms with Gasteiger partial charge in [0.25, 0.3) is 0 Å². The fraction of sp³-hybridized carbons (Fsp3) is 0.238. The average molecular weight is 362 g/mol. The second-order valence-corrected chi connectivity index (χ2v) is 6.61. The quantitative estimate of drug-likeness (QED) is 0.666. The Kier molecular flexibility index (Phi) is 4.62. The van der Waals surface area contributed by atoms with Gasteiger partial charge in [0.15, 0.2) is 0 Å². The standard InChI is InChI=1S/C21H19FN4O/c1-14-5-2-8-18(24-14)19(25-26-12-4-9-20(26)27)13-15-10-11-23-21-16(15)6-3-7-17(21)22/h2-3,5-8,10-11H,4,9,12-13H2,1H3/b25-19-. The number of nitrogens with zero attached hydrogens (tertiary/aromatic N) is 4. The van der Waals surface area contributed by atoms with Gasteiger partial charge in [-0.05, 0) is 43.2 Å². The highest BCUT2D eigenvalue weighted by Gasteiger charge is 2.21. The molecule has 0 aliphatic carbocycles. The molecule has 0 bridgehead atoms. The van der Waals surface area contributed by atoms with Crippen molar-refractivity contribution in [2.24, 2.45) is 5.10 Å². The lowest BCUT2D eigenvalue weighted by molar-refractivity contribution is -0.127. The molecule has 6 heteroatoms. The molecule has 4 rings (SSSR count). The zero-order valence-electron chi connectivity index (χ0n) is 15.0. The minimum Gasteiger partial charge on any atom is -0.273 e. The van der Waals surface area contributed by atoms with Crippen LogP contribution < -0.4 is 0 Å². The first-order valence-electron chi connectivity index (χ1n) is 8.96. The fourth-order valence-electron chi connectivity index (χ4n) is 3.30. The number of hydrogen-bond donors (Lipinski definition) is 0. The summed E-state index contributed by atoms with van der Waals surface area (Å²) in [4.78, 5) is 20.8. The van der Waals surface area contributed by atoms with Gasteiger partial charge in [-0.3, -0.25) is 14.8 Å². The van der Waals surface area contributed by atoms with Crippen LogP contribution in [0.4, 0.5) is 4.39 Å². The van der Waals surface area contributed by atoms with E-state index < -0.39 is 0 Å². The summed E-state index contributed by atoms with van der Waals surface area (Å²) < 4.78 is 14.1. The molecule has 136 valence electrons. The lowest BCUT2D eigenvalue weighted by Crippen LogP contribution is -2.22. The minimum atomic E-state index is -0.351. The van der Waals surface area contributed by atoms with Crippen LogP contribution in [0.1, 0.15) is 29.8 Å². The number of carbonyl (C=O) groups is 1. The molecule has 3 aromatic rings. The van der Waals surface area contributed by atoms with Gasteiger partial charge in [0, 0.05) is 36.7 Å². The smallest absolute Gasteiger partial charge is 0.242 e. The topological polar surface area (TPSA) is 58.5 Å². The Balaban J connectivity index is 1.79. The van der Waals surface area contributed by atoms with E-state index in [1.54, 1.807) is 12.3 Å². The lowest BCUT2D eigenvalue weighted by atomic mass is 10.0. The van der Waals surface area contributed by atoms with Crippen LogP contribution in [0.3, 0.4) is 0 Å². The highest BCUT2D eigenvalue weighted by molar-refractivity contribution is 6.02. The largest absolute Gasteiger partial charge is 0.273 e. The lowest BCUT2D eigenvalue weighted by Gasteiger charge is -2.14. The van der Waals surface area contributed by atoms with E-state index in [0.29, 0.717) is 30.6 Å². The second-order valence-electron chi connectivity index (χ2n) is 6.61. The van der Waals surface area contributed by atoms with Crippen LogP contribution >= 0.6 is 0 Å². The summed E-state index contributed by atoms with van der Waals surface area (Å²) in [7, 11) is 0. The molecule has 1 saturated heterocycles. The van der Waals surface area contributed by atoms with E-state index in [4.69, 9.17) is 0 Å². The number of rotatable bonds is 4. The Morgan fingerprint density at radius 1 is 1.22 bits per heavy atom. The molecule has 0 unspecified atom stereocenters. The maximum atomic E-state index is 14.1. The minimum absolute atomic E-state index is 0.0192. The molecule has 1 aromatic carbocycles. The van der Waals surface area contributed by atoms with Gasteiger partial charge in [-0.25, -0.2) is 9.40 Å². The van der Waals surface area contributed by atoms with Gasteiger partial charge >= 0.3 is 0 Å². The number of amides is 1. The van der Waals surface area contributed by atoms with E-state index in [9.17, 15) is 9.18 Å². The first kappa shape index (κ1) is 17.3. The third kappa shape index (κ3) is 3.56. The van der Waals surface area contributed by atoms with Crippen molar-refractivity contribution in [1.82, 2.24) is 15.0 Å². The van der Waals surface area contributed by atoms with Crippen molar-refractivity contribution < 1.29 is 9.18 Å². The van der Waals surface area contributed by atoms with Crippen molar-refractivity contribution in [2.75, 3.05) is 6.54 Å². The highest BCUT2D eigenvalue weighted by Crippen LogP contribution is 2.22. The zero-order chi connectivity index (χ0) is 18.8. The Bertz CT molecular complexity index is 1050. The summed E-state index contributed by atoms with van der Waals surface area (Å²) in [6, 6.07) is 12.5. The molecule has 1 amide bonds. The number of benzene rings is 1.